The largest absolute Gasteiger partial charge is 0.293 e. The van der Waals surface area contributed by atoms with Crippen LogP contribution in [0.3, 0.4) is 0 Å². The predicted molar refractivity (Wildman–Crippen MR) is 74.7 cm³/mol. The van der Waals surface area contributed by atoms with Crippen LogP contribution in [0.2, 0.25) is 0 Å². The summed E-state index contributed by atoms with van der Waals surface area (Å²) in [6.45, 7) is 0. The average Bonchev–Trinajstić information content (AvgIpc) is 2.53. The number of carbonyl (C=O) groups is 1. The number of hydrogen-bond acceptors (Lipinski definition) is 3. The van der Waals surface area contributed by atoms with Crippen molar-refractivity contribution < 1.29 is 4.79 Å². The molecule has 0 amide bonds. The molecule has 20 heavy (non-hydrogen) atoms. The van der Waals surface area contributed by atoms with Crippen LogP contribution in [-0.4, -0.2) is 5.78 Å². The van der Waals surface area contributed by atoms with E-state index >= 15 is 0 Å². The minimum atomic E-state index is -0.703. The Morgan fingerprint density at radius 2 is 1.65 bits per heavy atom. The minimum absolute atomic E-state index is 0.208. The van der Waals surface area contributed by atoms with Gasteiger partial charge in [-0.25, -0.2) is 0 Å². The third-order valence-corrected chi connectivity index (χ3v) is 3.05. The Kier molecular flexibility index (Phi) is 4.27. The van der Waals surface area contributed by atoms with Gasteiger partial charge in [-0.1, -0.05) is 42.5 Å². The SMILES string of the molecule is N#Cc1ccc(C(=O)C(C#N)Cc2ccccc2)cc1. The second-order valence-electron chi connectivity index (χ2n) is 4.42. The van der Waals surface area contributed by atoms with Crippen molar-refractivity contribution in [1.82, 2.24) is 0 Å². The summed E-state index contributed by atoms with van der Waals surface area (Å²) in [5.41, 5.74) is 1.92. The second-order valence-corrected chi connectivity index (χ2v) is 4.42. The zero-order valence-electron chi connectivity index (χ0n) is 10.8. The van der Waals surface area contributed by atoms with Gasteiger partial charge in [0.05, 0.1) is 17.7 Å². The van der Waals surface area contributed by atoms with E-state index < -0.39 is 5.92 Å². The van der Waals surface area contributed by atoms with E-state index in [1.54, 1.807) is 24.3 Å². The van der Waals surface area contributed by atoms with Crippen LogP contribution < -0.4 is 0 Å². The molecule has 0 aliphatic rings. The highest BCUT2D eigenvalue weighted by Gasteiger charge is 2.19. The van der Waals surface area contributed by atoms with E-state index in [1.165, 1.54) is 0 Å². The summed E-state index contributed by atoms with van der Waals surface area (Å²) < 4.78 is 0. The normalized spacial score (nSPS) is 11.1. The molecule has 0 fully saturated rings. The topological polar surface area (TPSA) is 64.7 Å². The van der Waals surface area contributed by atoms with Crippen molar-refractivity contribution in [3.05, 3.63) is 71.3 Å². The van der Waals surface area contributed by atoms with Crippen molar-refractivity contribution in [3.63, 3.8) is 0 Å². The third-order valence-electron chi connectivity index (χ3n) is 3.05. The second kappa shape index (κ2) is 6.31. The highest BCUT2D eigenvalue weighted by Crippen LogP contribution is 2.15. The Labute approximate surface area is 117 Å². The zero-order valence-corrected chi connectivity index (χ0v) is 10.8. The molecule has 96 valence electrons. The summed E-state index contributed by atoms with van der Waals surface area (Å²) >= 11 is 0. The first kappa shape index (κ1) is 13.5. The number of nitrogens with zero attached hydrogens (tertiary/aromatic N) is 2. The molecule has 2 aromatic rings. The first-order valence-corrected chi connectivity index (χ1v) is 6.22. The Balaban J connectivity index is 2.17. The first-order chi connectivity index (χ1) is 9.74. The highest BCUT2D eigenvalue weighted by molar-refractivity contribution is 5.99. The number of Topliss-reactive ketones (excluding diaryl/α,β-unsaturated/α-hetero) is 1. The molecule has 0 bridgehead atoms. The molecule has 3 heteroatoms. The lowest BCUT2D eigenvalue weighted by molar-refractivity contribution is 0.0948. The van der Waals surface area contributed by atoms with Crippen LogP contribution in [0.15, 0.2) is 54.6 Å². The van der Waals surface area contributed by atoms with Gasteiger partial charge in [0.25, 0.3) is 0 Å². The predicted octanol–water partition coefficient (Wildman–Crippen LogP) is 3.12. The number of rotatable bonds is 4. The fourth-order valence-corrected chi connectivity index (χ4v) is 1.96. The molecule has 1 unspecified atom stereocenters. The van der Waals surface area contributed by atoms with Crippen molar-refractivity contribution in [3.8, 4) is 12.1 Å². The molecule has 0 N–H and O–H groups in total. The van der Waals surface area contributed by atoms with Gasteiger partial charge in [-0.15, -0.1) is 0 Å². The summed E-state index contributed by atoms with van der Waals surface area (Å²) in [5.74, 6) is -0.911. The van der Waals surface area contributed by atoms with Crippen molar-refractivity contribution in [2.75, 3.05) is 0 Å². The molecule has 0 spiro atoms. The lowest BCUT2D eigenvalue weighted by Gasteiger charge is -2.08. The van der Waals surface area contributed by atoms with Gasteiger partial charge in [0.1, 0.15) is 5.92 Å². The van der Waals surface area contributed by atoms with Crippen LogP contribution in [0.4, 0.5) is 0 Å². The molecule has 0 saturated carbocycles. The molecule has 0 aliphatic heterocycles. The van der Waals surface area contributed by atoms with E-state index in [9.17, 15) is 10.1 Å². The third kappa shape index (κ3) is 3.10. The fraction of sp³-hybridized carbons (Fsp3) is 0.118. The zero-order chi connectivity index (χ0) is 14.4. The maximum absolute atomic E-state index is 12.3. The summed E-state index contributed by atoms with van der Waals surface area (Å²) in [6.07, 6.45) is 0.399. The Morgan fingerprint density at radius 3 is 2.20 bits per heavy atom. The van der Waals surface area contributed by atoms with Gasteiger partial charge in [-0.3, -0.25) is 4.79 Å². The smallest absolute Gasteiger partial charge is 0.180 e. The Hall–Kier alpha value is -2.91. The van der Waals surface area contributed by atoms with Crippen LogP contribution in [0, 0.1) is 28.6 Å². The van der Waals surface area contributed by atoms with E-state index in [4.69, 9.17) is 5.26 Å². The van der Waals surface area contributed by atoms with Crippen molar-refractivity contribution in [2.45, 2.75) is 6.42 Å². The number of ketones is 1. The minimum Gasteiger partial charge on any atom is -0.293 e. The van der Waals surface area contributed by atoms with E-state index in [0.29, 0.717) is 17.5 Å². The monoisotopic (exact) mass is 260 g/mol. The highest BCUT2D eigenvalue weighted by atomic mass is 16.1. The quantitative estimate of drug-likeness (QED) is 0.793. The average molecular weight is 260 g/mol. The molecule has 2 aromatic carbocycles. The Morgan fingerprint density at radius 1 is 1.00 bits per heavy atom. The van der Waals surface area contributed by atoms with Gasteiger partial charge in [0, 0.05) is 5.56 Å². The molecule has 0 heterocycles. The van der Waals surface area contributed by atoms with Gasteiger partial charge < -0.3 is 0 Å². The van der Waals surface area contributed by atoms with Crippen LogP contribution in [0.1, 0.15) is 21.5 Å². The van der Waals surface area contributed by atoms with Gasteiger partial charge >= 0.3 is 0 Å². The molecule has 0 aromatic heterocycles. The maximum Gasteiger partial charge on any atom is 0.180 e. The molecule has 2 rings (SSSR count). The molecular weight excluding hydrogens is 248 g/mol. The summed E-state index contributed by atoms with van der Waals surface area (Å²) in [7, 11) is 0. The van der Waals surface area contributed by atoms with E-state index in [2.05, 4.69) is 6.07 Å². The molecule has 0 aliphatic carbocycles. The van der Waals surface area contributed by atoms with Crippen LogP contribution in [0.5, 0.6) is 0 Å². The maximum atomic E-state index is 12.3. The van der Waals surface area contributed by atoms with E-state index in [1.807, 2.05) is 36.4 Å². The van der Waals surface area contributed by atoms with E-state index in [0.717, 1.165) is 5.56 Å². The Bertz CT molecular complexity index is 676. The molecule has 1 atom stereocenters. The molecule has 0 saturated heterocycles. The first-order valence-electron chi connectivity index (χ1n) is 6.22. The molecule has 0 radical (unpaired) electrons. The lowest BCUT2D eigenvalue weighted by Crippen LogP contribution is -2.15. The molecule has 3 nitrogen and oxygen atoms in total. The van der Waals surface area contributed by atoms with Crippen molar-refractivity contribution >= 4 is 5.78 Å². The van der Waals surface area contributed by atoms with Gasteiger partial charge in [-0.2, -0.15) is 10.5 Å². The lowest BCUT2D eigenvalue weighted by atomic mass is 9.92. The number of nitriles is 2. The van der Waals surface area contributed by atoms with Crippen molar-refractivity contribution in [2.24, 2.45) is 5.92 Å². The number of carbonyl (C=O) groups excluding carboxylic acids is 1. The van der Waals surface area contributed by atoms with Gasteiger partial charge in [0.2, 0.25) is 0 Å². The molecular formula is C17H12N2O. The van der Waals surface area contributed by atoms with Crippen LogP contribution in [-0.2, 0) is 6.42 Å². The van der Waals surface area contributed by atoms with Crippen molar-refractivity contribution in [1.29, 1.82) is 10.5 Å². The van der Waals surface area contributed by atoms with Crippen LogP contribution in [0.25, 0.3) is 0 Å². The summed E-state index contributed by atoms with van der Waals surface area (Å²) in [4.78, 5) is 12.3. The standard InChI is InChI=1S/C17H12N2O/c18-11-14-6-8-15(9-7-14)17(20)16(12-19)10-13-4-2-1-3-5-13/h1-9,16H,10H2. The number of hydrogen-bond donors (Lipinski definition) is 0. The fourth-order valence-electron chi connectivity index (χ4n) is 1.96. The summed E-state index contributed by atoms with van der Waals surface area (Å²) in [6, 6.07) is 19.9. The number of benzene rings is 2. The van der Waals surface area contributed by atoms with Gasteiger partial charge in [0.15, 0.2) is 5.78 Å². The van der Waals surface area contributed by atoms with Gasteiger partial charge in [-0.05, 0) is 24.1 Å². The summed E-state index contributed by atoms with van der Waals surface area (Å²) in [5, 5.41) is 17.9. The van der Waals surface area contributed by atoms with Crippen LogP contribution >= 0.6 is 0 Å². The van der Waals surface area contributed by atoms with E-state index in [-0.39, 0.29) is 5.78 Å².